The summed E-state index contributed by atoms with van der Waals surface area (Å²) >= 11 is 5.56. The lowest BCUT2D eigenvalue weighted by Crippen LogP contribution is -2.38. The van der Waals surface area contributed by atoms with Gasteiger partial charge in [0.1, 0.15) is 12.4 Å². The molecular formula is C10H10ClF4NO4S. The Morgan fingerprint density at radius 3 is 2.48 bits per heavy atom. The molecule has 0 spiro atoms. The van der Waals surface area contributed by atoms with Gasteiger partial charge in [-0.2, -0.15) is 8.78 Å². The molecule has 0 bridgehead atoms. The van der Waals surface area contributed by atoms with Gasteiger partial charge in [0.05, 0.1) is 16.5 Å². The van der Waals surface area contributed by atoms with Crippen LogP contribution in [0.5, 0.6) is 5.75 Å². The van der Waals surface area contributed by atoms with E-state index in [9.17, 15) is 26.0 Å². The molecule has 1 aromatic carbocycles. The summed E-state index contributed by atoms with van der Waals surface area (Å²) in [7, 11) is -4.34. The van der Waals surface area contributed by atoms with Crippen molar-refractivity contribution in [1.29, 1.82) is 0 Å². The molecule has 0 unspecified atom stereocenters. The first-order valence-corrected chi connectivity index (χ1v) is 7.16. The van der Waals surface area contributed by atoms with Crippen LogP contribution in [0.2, 0.25) is 5.02 Å². The molecule has 0 aliphatic heterocycles. The molecule has 0 heterocycles. The van der Waals surface area contributed by atoms with Crippen LogP contribution in [-0.2, 0) is 10.0 Å². The predicted octanol–water partition coefficient (Wildman–Crippen LogP) is 1.85. The van der Waals surface area contributed by atoms with Crippen LogP contribution < -0.4 is 9.46 Å². The van der Waals surface area contributed by atoms with Gasteiger partial charge in [-0.3, -0.25) is 0 Å². The van der Waals surface area contributed by atoms with E-state index in [4.69, 9.17) is 16.7 Å². The van der Waals surface area contributed by atoms with Gasteiger partial charge in [-0.1, -0.05) is 11.6 Å². The van der Waals surface area contributed by atoms with Crippen molar-refractivity contribution in [2.45, 2.75) is 17.4 Å². The summed E-state index contributed by atoms with van der Waals surface area (Å²) in [6.07, 6.45) is 0. The molecule has 0 aliphatic carbocycles. The zero-order valence-corrected chi connectivity index (χ0v) is 11.8. The Balaban J connectivity index is 2.92. The number of aliphatic hydroxyl groups excluding tert-OH is 1. The summed E-state index contributed by atoms with van der Waals surface area (Å²) in [5.74, 6) is -4.08. The minimum atomic E-state index is -4.34. The topological polar surface area (TPSA) is 75.6 Å². The number of sulfonamides is 1. The van der Waals surface area contributed by atoms with Gasteiger partial charge >= 0.3 is 6.61 Å². The first-order valence-electron chi connectivity index (χ1n) is 5.30. The Morgan fingerprint density at radius 1 is 1.38 bits per heavy atom. The van der Waals surface area contributed by atoms with E-state index in [0.29, 0.717) is 0 Å². The Labute approximate surface area is 122 Å². The Bertz CT molecular complexity index is 597. The van der Waals surface area contributed by atoms with Crippen LogP contribution in [0.1, 0.15) is 0 Å². The lowest BCUT2D eigenvalue weighted by atomic mass is 10.3. The van der Waals surface area contributed by atoms with Gasteiger partial charge in [0, 0.05) is 0 Å². The Hall–Kier alpha value is -1.10. The zero-order chi connectivity index (χ0) is 16.3. The summed E-state index contributed by atoms with van der Waals surface area (Å²) < 4.78 is 78.6. The first kappa shape index (κ1) is 18.0. The Morgan fingerprint density at radius 2 is 2.00 bits per heavy atom. The lowest BCUT2D eigenvalue weighted by molar-refractivity contribution is -0.0498. The fraction of sp³-hybridized carbons (Fsp3) is 0.400. The summed E-state index contributed by atoms with van der Waals surface area (Å²) in [4.78, 5) is -0.511. The maximum Gasteiger partial charge on any atom is 0.387 e. The molecule has 11 heteroatoms. The third-order valence-electron chi connectivity index (χ3n) is 2.18. The van der Waals surface area contributed by atoms with E-state index in [-0.39, 0.29) is 0 Å². The average molecular weight is 352 g/mol. The van der Waals surface area contributed by atoms with Gasteiger partial charge in [-0.05, 0) is 18.2 Å². The van der Waals surface area contributed by atoms with Crippen LogP contribution >= 0.6 is 11.6 Å². The van der Waals surface area contributed by atoms with Crippen molar-refractivity contribution in [3.05, 3.63) is 23.2 Å². The van der Waals surface area contributed by atoms with Crippen molar-refractivity contribution in [2.75, 3.05) is 13.2 Å². The number of halogens is 5. The monoisotopic (exact) mass is 351 g/mol. The number of hydrogen-bond donors (Lipinski definition) is 2. The first-order chi connectivity index (χ1) is 9.57. The molecule has 0 amide bonds. The van der Waals surface area contributed by atoms with E-state index in [2.05, 4.69) is 4.74 Å². The summed E-state index contributed by atoms with van der Waals surface area (Å²) in [5.41, 5.74) is 0. The number of benzene rings is 1. The van der Waals surface area contributed by atoms with Crippen molar-refractivity contribution in [3.63, 3.8) is 0 Å². The second-order valence-corrected chi connectivity index (χ2v) is 5.98. The molecule has 0 aliphatic rings. The largest absolute Gasteiger partial charge is 0.433 e. The molecule has 0 saturated carbocycles. The van der Waals surface area contributed by atoms with E-state index >= 15 is 0 Å². The molecule has 21 heavy (non-hydrogen) atoms. The van der Waals surface area contributed by atoms with E-state index in [1.807, 2.05) is 0 Å². The molecule has 5 nitrogen and oxygen atoms in total. The quantitative estimate of drug-likeness (QED) is 0.735. The number of nitrogens with one attached hydrogen (secondary N) is 1. The van der Waals surface area contributed by atoms with Crippen LogP contribution in [0, 0.1) is 0 Å². The normalized spacial score (nSPS) is 12.7. The number of alkyl halides is 4. The predicted molar refractivity (Wildman–Crippen MR) is 65.3 cm³/mol. The van der Waals surface area contributed by atoms with Crippen LogP contribution in [0.25, 0.3) is 0 Å². The zero-order valence-electron chi connectivity index (χ0n) is 10.2. The van der Waals surface area contributed by atoms with Gasteiger partial charge in [0.15, 0.2) is 0 Å². The molecule has 0 fully saturated rings. The van der Waals surface area contributed by atoms with Crippen LogP contribution in [0.3, 0.4) is 0 Å². The average Bonchev–Trinajstić information content (AvgIpc) is 2.38. The molecule has 0 aromatic heterocycles. The van der Waals surface area contributed by atoms with Gasteiger partial charge in [-0.25, -0.2) is 21.9 Å². The number of rotatable bonds is 7. The maximum atomic E-state index is 12.8. The van der Waals surface area contributed by atoms with Crippen molar-refractivity contribution in [1.82, 2.24) is 4.72 Å². The SMILES string of the molecule is O=S(=O)(NCC(F)(F)CO)c1ccc(OC(F)F)c(Cl)c1. The van der Waals surface area contributed by atoms with E-state index in [1.165, 1.54) is 0 Å². The van der Waals surface area contributed by atoms with E-state index in [0.717, 1.165) is 18.2 Å². The highest BCUT2D eigenvalue weighted by molar-refractivity contribution is 7.89. The number of hydrogen-bond acceptors (Lipinski definition) is 4. The fourth-order valence-electron chi connectivity index (χ4n) is 1.18. The van der Waals surface area contributed by atoms with Gasteiger partial charge in [0.2, 0.25) is 10.0 Å². The van der Waals surface area contributed by atoms with Gasteiger partial charge < -0.3 is 9.84 Å². The Kier molecular flexibility index (Phi) is 5.79. The van der Waals surface area contributed by atoms with Crippen LogP contribution in [-0.4, -0.2) is 39.2 Å². The van der Waals surface area contributed by atoms with Crippen molar-refractivity contribution < 1.29 is 35.8 Å². The highest BCUT2D eigenvalue weighted by Gasteiger charge is 2.30. The second-order valence-electron chi connectivity index (χ2n) is 3.81. The van der Waals surface area contributed by atoms with Crippen molar-refractivity contribution >= 4 is 21.6 Å². The summed E-state index contributed by atoms with van der Waals surface area (Å²) in [6, 6.07) is 2.51. The van der Waals surface area contributed by atoms with Gasteiger partial charge in [-0.15, -0.1) is 0 Å². The minimum absolute atomic E-state index is 0.424. The smallest absolute Gasteiger partial charge is 0.387 e. The van der Waals surface area contributed by atoms with E-state index < -0.39 is 51.4 Å². The maximum absolute atomic E-state index is 12.8. The second kappa shape index (κ2) is 6.77. The summed E-state index contributed by atoms with van der Waals surface area (Å²) in [6.45, 7) is -6.00. The molecule has 0 saturated heterocycles. The molecule has 2 N–H and O–H groups in total. The van der Waals surface area contributed by atoms with Gasteiger partial charge in [0.25, 0.3) is 5.92 Å². The van der Waals surface area contributed by atoms with E-state index in [1.54, 1.807) is 4.72 Å². The number of aliphatic hydroxyl groups is 1. The molecule has 1 rings (SSSR count). The molecule has 0 radical (unpaired) electrons. The standard InChI is InChI=1S/C10H10ClF4NO4S/c11-7-3-6(1-2-8(7)20-9(12)13)21(18,19)16-4-10(14,15)5-17/h1-3,9,16-17H,4-5H2. The van der Waals surface area contributed by atoms with Crippen molar-refractivity contribution in [3.8, 4) is 5.75 Å². The molecular weight excluding hydrogens is 342 g/mol. The molecule has 120 valence electrons. The third kappa shape index (κ3) is 5.30. The highest BCUT2D eigenvalue weighted by Crippen LogP contribution is 2.28. The fourth-order valence-corrected chi connectivity index (χ4v) is 2.56. The van der Waals surface area contributed by atoms with Crippen molar-refractivity contribution in [2.24, 2.45) is 0 Å². The highest BCUT2D eigenvalue weighted by atomic mass is 35.5. The summed E-state index contributed by atoms with van der Waals surface area (Å²) in [5, 5.41) is 7.91. The van der Waals surface area contributed by atoms with Crippen LogP contribution in [0.15, 0.2) is 23.1 Å². The lowest BCUT2D eigenvalue weighted by Gasteiger charge is -2.14. The molecule has 0 atom stereocenters. The minimum Gasteiger partial charge on any atom is -0.433 e. The number of ether oxygens (including phenoxy) is 1. The van der Waals surface area contributed by atoms with Crippen LogP contribution in [0.4, 0.5) is 17.6 Å². The molecule has 1 aromatic rings. The third-order valence-corrected chi connectivity index (χ3v) is 3.88.